The second kappa shape index (κ2) is 5.04. The molecule has 1 aliphatic heterocycles. The van der Waals surface area contributed by atoms with Gasteiger partial charge in [-0.25, -0.2) is 0 Å². The van der Waals surface area contributed by atoms with Crippen molar-refractivity contribution >= 4 is 0 Å². The molecule has 1 spiro atoms. The highest BCUT2D eigenvalue weighted by atomic mass is 16.5. The van der Waals surface area contributed by atoms with Crippen LogP contribution in [0, 0.1) is 0 Å². The maximum Gasteiger partial charge on any atom is 0.128 e. The molecule has 0 amide bonds. The quantitative estimate of drug-likeness (QED) is 0.840. The van der Waals surface area contributed by atoms with E-state index in [0.29, 0.717) is 0 Å². The van der Waals surface area contributed by atoms with E-state index in [0.717, 1.165) is 36.3 Å². The van der Waals surface area contributed by atoms with Crippen LogP contribution in [0.15, 0.2) is 18.2 Å². The molecular formula is C16H23NO2. The molecule has 1 aromatic carbocycles. The lowest BCUT2D eigenvalue weighted by molar-refractivity contribution is 0.0211. The average Bonchev–Trinajstić information content (AvgIpc) is 2.63. The molecule has 3 rings (SSSR count). The third-order valence-electron chi connectivity index (χ3n) is 4.55. The molecule has 1 fully saturated rings. The van der Waals surface area contributed by atoms with Crippen molar-refractivity contribution < 1.29 is 9.47 Å². The van der Waals surface area contributed by atoms with Gasteiger partial charge in [0.2, 0.25) is 0 Å². The van der Waals surface area contributed by atoms with Crippen molar-refractivity contribution in [2.24, 2.45) is 5.73 Å². The molecule has 1 heterocycles. The Morgan fingerprint density at radius 3 is 2.63 bits per heavy atom. The molecular weight excluding hydrogens is 238 g/mol. The topological polar surface area (TPSA) is 44.5 Å². The highest BCUT2D eigenvalue weighted by molar-refractivity contribution is 5.44. The summed E-state index contributed by atoms with van der Waals surface area (Å²) >= 11 is 0. The van der Waals surface area contributed by atoms with E-state index in [2.05, 4.69) is 0 Å². The van der Waals surface area contributed by atoms with Gasteiger partial charge in [0.15, 0.2) is 0 Å². The van der Waals surface area contributed by atoms with E-state index in [9.17, 15) is 0 Å². The molecule has 0 saturated heterocycles. The summed E-state index contributed by atoms with van der Waals surface area (Å²) in [5.74, 6) is 1.77. The molecule has 3 heteroatoms. The first-order valence-corrected chi connectivity index (χ1v) is 7.35. The lowest BCUT2D eigenvalue weighted by atomic mass is 9.82. The summed E-state index contributed by atoms with van der Waals surface area (Å²) in [5, 5.41) is 0. The standard InChI is InChI=1S/C16H23NO2/c1-18-12-6-7-13-14(17)11-16(19-15(13)10-12)8-4-2-3-5-9-16/h6-7,10,14H,2-5,8-9,11,17H2,1H3/t14-/m1/s1. The largest absolute Gasteiger partial charge is 0.497 e. The van der Waals surface area contributed by atoms with Crippen LogP contribution < -0.4 is 15.2 Å². The minimum absolute atomic E-state index is 0.0325. The number of methoxy groups -OCH3 is 1. The fourth-order valence-corrected chi connectivity index (χ4v) is 3.50. The summed E-state index contributed by atoms with van der Waals surface area (Å²) in [4.78, 5) is 0. The number of nitrogens with two attached hydrogens (primary N) is 1. The summed E-state index contributed by atoms with van der Waals surface area (Å²) < 4.78 is 11.7. The van der Waals surface area contributed by atoms with Crippen LogP contribution in [0.2, 0.25) is 0 Å². The van der Waals surface area contributed by atoms with Gasteiger partial charge in [-0.05, 0) is 31.7 Å². The molecule has 2 N–H and O–H groups in total. The summed E-state index contributed by atoms with van der Waals surface area (Å²) in [5.41, 5.74) is 7.46. The van der Waals surface area contributed by atoms with Crippen LogP contribution in [0.4, 0.5) is 0 Å². The number of hydrogen-bond donors (Lipinski definition) is 1. The van der Waals surface area contributed by atoms with Gasteiger partial charge < -0.3 is 15.2 Å². The summed E-state index contributed by atoms with van der Waals surface area (Å²) in [6, 6.07) is 6.09. The molecule has 0 unspecified atom stereocenters. The third-order valence-corrected chi connectivity index (χ3v) is 4.55. The first kappa shape index (κ1) is 12.8. The van der Waals surface area contributed by atoms with Gasteiger partial charge in [0.05, 0.1) is 7.11 Å². The Morgan fingerprint density at radius 1 is 1.21 bits per heavy atom. The molecule has 0 bridgehead atoms. The number of ether oxygens (including phenoxy) is 2. The van der Waals surface area contributed by atoms with Crippen molar-refractivity contribution in [1.82, 2.24) is 0 Å². The van der Waals surface area contributed by atoms with Gasteiger partial charge in [-0.3, -0.25) is 0 Å². The monoisotopic (exact) mass is 261 g/mol. The molecule has 2 aliphatic rings. The number of fused-ring (bicyclic) bond motifs is 1. The van der Waals surface area contributed by atoms with Gasteiger partial charge in [0.1, 0.15) is 17.1 Å². The number of benzene rings is 1. The van der Waals surface area contributed by atoms with Crippen molar-refractivity contribution in [1.29, 1.82) is 0 Å². The van der Waals surface area contributed by atoms with Crippen molar-refractivity contribution in [3.05, 3.63) is 23.8 Å². The number of rotatable bonds is 1. The van der Waals surface area contributed by atoms with Crippen LogP contribution in [0.5, 0.6) is 11.5 Å². The van der Waals surface area contributed by atoms with Gasteiger partial charge in [-0.15, -0.1) is 0 Å². The third kappa shape index (κ3) is 2.44. The van der Waals surface area contributed by atoms with E-state index in [-0.39, 0.29) is 11.6 Å². The van der Waals surface area contributed by atoms with E-state index in [4.69, 9.17) is 15.2 Å². The normalized spacial score (nSPS) is 25.3. The van der Waals surface area contributed by atoms with E-state index >= 15 is 0 Å². The van der Waals surface area contributed by atoms with Crippen LogP contribution in [-0.2, 0) is 0 Å². The Balaban J connectivity index is 1.92. The first-order chi connectivity index (χ1) is 9.22. The smallest absolute Gasteiger partial charge is 0.128 e. The van der Waals surface area contributed by atoms with Gasteiger partial charge in [-0.1, -0.05) is 18.9 Å². The van der Waals surface area contributed by atoms with Crippen molar-refractivity contribution in [3.63, 3.8) is 0 Å². The summed E-state index contributed by atoms with van der Waals surface area (Å²) in [6.07, 6.45) is 8.38. The van der Waals surface area contributed by atoms with Crippen LogP contribution in [-0.4, -0.2) is 12.7 Å². The zero-order valence-corrected chi connectivity index (χ0v) is 11.7. The fraction of sp³-hybridized carbons (Fsp3) is 0.625. The van der Waals surface area contributed by atoms with Gasteiger partial charge >= 0.3 is 0 Å². The molecule has 1 aliphatic carbocycles. The fourth-order valence-electron chi connectivity index (χ4n) is 3.50. The zero-order chi connectivity index (χ0) is 13.3. The average molecular weight is 261 g/mol. The zero-order valence-electron chi connectivity index (χ0n) is 11.7. The van der Waals surface area contributed by atoms with Crippen LogP contribution in [0.3, 0.4) is 0 Å². The molecule has 3 nitrogen and oxygen atoms in total. The second-order valence-corrected chi connectivity index (χ2v) is 5.91. The predicted octanol–water partition coefficient (Wildman–Crippen LogP) is 3.57. The Labute approximate surface area is 115 Å². The summed E-state index contributed by atoms with van der Waals surface area (Å²) in [7, 11) is 1.69. The van der Waals surface area contributed by atoms with E-state index in [1.165, 1.54) is 25.7 Å². The lowest BCUT2D eigenvalue weighted by Crippen LogP contribution is -2.42. The Kier molecular flexibility index (Phi) is 3.40. The van der Waals surface area contributed by atoms with Crippen molar-refractivity contribution in [2.45, 2.75) is 56.6 Å². The number of hydrogen-bond acceptors (Lipinski definition) is 3. The second-order valence-electron chi connectivity index (χ2n) is 5.91. The highest BCUT2D eigenvalue weighted by Gasteiger charge is 2.39. The Hall–Kier alpha value is -1.22. The van der Waals surface area contributed by atoms with E-state index in [1.807, 2.05) is 18.2 Å². The lowest BCUT2D eigenvalue weighted by Gasteiger charge is -2.41. The SMILES string of the molecule is COc1ccc2c(c1)OC1(CCCCCC1)C[C@H]2N. The van der Waals surface area contributed by atoms with Gasteiger partial charge in [0, 0.05) is 24.1 Å². The van der Waals surface area contributed by atoms with Crippen LogP contribution in [0.1, 0.15) is 56.6 Å². The predicted molar refractivity (Wildman–Crippen MR) is 75.6 cm³/mol. The van der Waals surface area contributed by atoms with Crippen LogP contribution in [0.25, 0.3) is 0 Å². The maximum absolute atomic E-state index is 6.39. The molecule has 1 aromatic rings. The van der Waals surface area contributed by atoms with Crippen molar-refractivity contribution in [3.8, 4) is 11.5 Å². The minimum Gasteiger partial charge on any atom is -0.497 e. The molecule has 1 saturated carbocycles. The molecule has 0 radical (unpaired) electrons. The maximum atomic E-state index is 6.39. The molecule has 19 heavy (non-hydrogen) atoms. The Bertz CT molecular complexity index is 450. The molecule has 104 valence electrons. The highest BCUT2D eigenvalue weighted by Crippen LogP contribution is 2.45. The van der Waals surface area contributed by atoms with Gasteiger partial charge in [-0.2, -0.15) is 0 Å². The van der Waals surface area contributed by atoms with E-state index in [1.54, 1.807) is 7.11 Å². The molecule has 1 atom stereocenters. The Morgan fingerprint density at radius 2 is 1.95 bits per heavy atom. The van der Waals surface area contributed by atoms with Crippen molar-refractivity contribution in [2.75, 3.05) is 7.11 Å². The van der Waals surface area contributed by atoms with Gasteiger partial charge in [0.25, 0.3) is 0 Å². The summed E-state index contributed by atoms with van der Waals surface area (Å²) in [6.45, 7) is 0. The van der Waals surface area contributed by atoms with E-state index < -0.39 is 0 Å². The minimum atomic E-state index is -0.0325. The van der Waals surface area contributed by atoms with Crippen LogP contribution >= 0.6 is 0 Å². The molecule has 0 aromatic heterocycles. The first-order valence-electron chi connectivity index (χ1n) is 7.35.